The molecular weight excluding hydrogens is 393 g/mol. The van der Waals surface area contributed by atoms with Gasteiger partial charge in [0, 0.05) is 17.7 Å². The minimum absolute atomic E-state index is 0.00640. The molecule has 0 saturated carbocycles. The van der Waals surface area contributed by atoms with Crippen LogP contribution < -0.4 is 14.4 Å². The van der Waals surface area contributed by atoms with Crippen LogP contribution in [0.2, 0.25) is 0 Å². The summed E-state index contributed by atoms with van der Waals surface area (Å²) in [5, 5.41) is 0. The third-order valence-corrected chi connectivity index (χ3v) is 5.14. The molecule has 5 heteroatoms. The molecule has 0 fully saturated rings. The lowest BCUT2D eigenvalue weighted by molar-refractivity contribution is -0.112. The molecule has 0 spiro atoms. The minimum Gasteiger partial charge on any atom is -0.490 e. The maximum absolute atomic E-state index is 13.4. The molecule has 0 aromatic heterocycles. The molecule has 1 aliphatic rings. The Morgan fingerprint density at radius 2 is 1.77 bits per heavy atom. The van der Waals surface area contributed by atoms with Crippen molar-refractivity contribution in [1.82, 2.24) is 0 Å². The lowest BCUT2D eigenvalue weighted by Gasteiger charge is -2.14. The van der Waals surface area contributed by atoms with Crippen molar-refractivity contribution < 1.29 is 18.7 Å². The van der Waals surface area contributed by atoms with E-state index in [9.17, 15) is 9.18 Å². The van der Waals surface area contributed by atoms with Gasteiger partial charge < -0.3 is 14.4 Å². The van der Waals surface area contributed by atoms with Gasteiger partial charge >= 0.3 is 0 Å². The summed E-state index contributed by atoms with van der Waals surface area (Å²) in [6.07, 6.45) is 1.88. The van der Waals surface area contributed by atoms with Crippen LogP contribution in [0.25, 0.3) is 11.6 Å². The molecule has 0 N–H and O–H groups in total. The lowest BCUT2D eigenvalue weighted by atomic mass is 10.0. The second-order valence-electron chi connectivity index (χ2n) is 7.18. The van der Waals surface area contributed by atoms with Gasteiger partial charge in [-0.1, -0.05) is 36.4 Å². The highest BCUT2D eigenvalue weighted by molar-refractivity contribution is 6.35. The number of anilines is 1. The Morgan fingerprint density at radius 3 is 2.55 bits per heavy atom. The molecule has 1 amide bonds. The number of benzene rings is 3. The van der Waals surface area contributed by atoms with Gasteiger partial charge in [-0.05, 0) is 61.4 Å². The fourth-order valence-corrected chi connectivity index (χ4v) is 3.72. The van der Waals surface area contributed by atoms with E-state index in [0.717, 1.165) is 22.4 Å². The molecule has 0 unspecified atom stereocenters. The third-order valence-electron chi connectivity index (χ3n) is 5.14. The van der Waals surface area contributed by atoms with E-state index < -0.39 is 0 Å². The van der Waals surface area contributed by atoms with Gasteiger partial charge in [-0.15, -0.1) is 0 Å². The Balaban J connectivity index is 1.63. The number of rotatable bonds is 7. The van der Waals surface area contributed by atoms with Crippen molar-refractivity contribution >= 4 is 23.2 Å². The summed E-state index contributed by atoms with van der Waals surface area (Å²) >= 11 is 0. The Bertz CT molecular complexity index is 1140. The Hall–Kier alpha value is -3.60. The van der Waals surface area contributed by atoms with Crippen molar-refractivity contribution in [1.29, 1.82) is 0 Å². The molecule has 1 aliphatic heterocycles. The predicted octanol–water partition coefficient (Wildman–Crippen LogP) is 5.71. The number of carbonyl (C=O) groups is 1. The molecule has 0 bridgehead atoms. The molecule has 31 heavy (non-hydrogen) atoms. The van der Waals surface area contributed by atoms with Crippen molar-refractivity contribution in [3.63, 3.8) is 0 Å². The van der Waals surface area contributed by atoms with Gasteiger partial charge in [0.25, 0.3) is 5.91 Å². The van der Waals surface area contributed by atoms with Crippen LogP contribution in [0.4, 0.5) is 10.1 Å². The van der Waals surface area contributed by atoms with Gasteiger partial charge in [-0.2, -0.15) is 0 Å². The summed E-state index contributed by atoms with van der Waals surface area (Å²) in [5.41, 5.74) is 4.10. The van der Waals surface area contributed by atoms with Crippen LogP contribution >= 0.6 is 0 Å². The van der Waals surface area contributed by atoms with Gasteiger partial charge in [0.2, 0.25) is 0 Å². The minimum atomic E-state index is -0.296. The van der Waals surface area contributed by atoms with E-state index >= 15 is 0 Å². The molecule has 158 valence electrons. The summed E-state index contributed by atoms with van der Waals surface area (Å²) in [4.78, 5) is 14.7. The summed E-state index contributed by atoms with van der Waals surface area (Å²) in [6.45, 7) is 5.19. The number of para-hydroxylation sites is 1. The zero-order valence-corrected chi connectivity index (χ0v) is 17.6. The van der Waals surface area contributed by atoms with Gasteiger partial charge in [0.15, 0.2) is 11.5 Å². The number of nitrogens with zero attached hydrogens (tertiary/aromatic N) is 1. The molecule has 0 saturated heterocycles. The molecular formula is C26H24FNO3. The molecule has 3 aromatic carbocycles. The van der Waals surface area contributed by atoms with Crippen molar-refractivity contribution in [2.75, 3.05) is 18.1 Å². The topological polar surface area (TPSA) is 38.8 Å². The molecule has 3 aromatic rings. The van der Waals surface area contributed by atoms with Gasteiger partial charge in [-0.3, -0.25) is 4.79 Å². The monoisotopic (exact) mass is 417 g/mol. The summed E-state index contributed by atoms with van der Waals surface area (Å²) in [6, 6.07) is 19.7. The number of halogens is 1. The fourth-order valence-electron chi connectivity index (χ4n) is 3.72. The molecule has 0 atom stereocenters. The average Bonchev–Trinajstić information content (AvgIpc) is 3.04. The number of hydrogen-bond acceptors (Lipinski definition) is 3. The zero-order chi connectivity index (χ0) is 21.8. The summed E-state index contributed by atoms with van der Waals surface area (Å²) < 4.78 is 25.1. The highest BCUT2D eigenvalue weighted by Crippen LogP contribution is 2.38. The summed E-state index contributed by atoms with van der Waals surface area (Å²) in [7, 11) is 0. The molecule has 4 rings (SSSR count). The van der Waals surface area contributed by atoms with Gasteiger partial charge in [0.05, 0.1) is 12.3 Å². The van der Waals surface area contributed by atoms with E-state index in [0.29, 0.717) is 30.2 Å². The van der Waals surface area contributed by atoms with Crippen LogP contribution in [0.1, 0.15) is 30.5 Å². The maximum atomic E-state index is 13.4. The van der Waals surface area contributed by atoms with E-state index in [1.807, 2.05) is 68.5 Å². The van der Waals surface area contributed by atoms with Gasteiger partial charge in [-0.25, -0.2) is 4.39 Å². The van der Waals surface area contributed by atoms with Crippen LogP contribution in [-0.2, 0) is 11.4 Å². The van der Waals surface area contributed by atoms with E-state index in [1.165, 1.54) is 12.1 Å². The van der Waals surface area contributed by atoms with Crippen molar-refractivity contribution in [3.8, 4) is 11.5 Å². The van der Waals surface area contributed by atoms with E-state index in [2.05, 4.69) is 0 Å². The predicted molar refractivity (Wildman–Crippen MR) is 121 cm³/mol. The SMILES string of the molecule is CCOc1cc(/C=C2\C(=O)N(CC)c3ccccc32)ccc1OCc1cccc(F)c1. The normalized spacial score (nSPS) is 14.1. The Morgan fingerprint density at radius 1 is 0.935 bits per heavy atom. The van der Waals surface area contributed by atoms with Crippen LogP contribution in [-0.4, -0.2) is 19.1 Å². The number of hydrogen-bond donors (Lipinski definition) is 0. The number of likely N-dealkylation sites (N-methyl/N-ethyl adjacent to an activating group) is 1. The van der Waals surface area contributed by atoms with E-state index in [-0.39, 0.29) is 18.3 Å². The Kier molecular flexibility index (Phi) is 6.03. The zero-order valence-electron chi connectivity index (χ0n) is 17.6. The number of amides is 1. The van der Waals surface area contributed by atoms with Crippen LogP contribution in [0.15, 0.2) is 66.7 Å². The second kappa shape index (κ2) is 9.04. The van der Waals surface area contributed by atoms with Crippen molar-refractivity contribution in [3.05, 3.63) is 89.2 Å². The fraction of sp³-hybridized carbons (Fsp3) is 0.192. The first-order valence-electron chi connectivity index (χ1n) is 10.4. The number of ether oxygens (including phenoxy) is 2. The van der Waals surface area contributed by atoms with Crippen LogP contribution in [0.5, 0.6) is 11.5 Å². The van der Waals surface area contributed by atoms with E-state index in [1.54, 1.807) is 11.0 Å². The third kappa shape index (κ3) is 4.31. The van der Waals surface area contributed by atoms with Crippen molar-refractivity contribution in [2.24, 2.45) is 0 Å². The average molecular weight is 417 g/mol. The summed E-state index contributed by atoms with van der Waals surface area (Å²) in [5.74, 6) is 0.852. The number of fused-ring (bicyclic) bond motifs is 1. The highest BCUT2D eigenvalue weighted by atomic mass is 19.1. The first-order valence-corrected chi connectivity index (χ1v) is 10.4. The Labute approximate surface area is 181 Å². The smallest absolute Gasteiger partial charge is 0.258 e. The van der Waals surface area contributed by atoms with Gasteiger partial charge in [0.1, 0.15) is 12.4 Å². The first kappa shape index (κ1) is 20.7. The second-order valence-corrected chi connectivity index (χ2v) is 7.18. The maximum Gasteiger partial charge on any atom is 0.258 e. The standard InChI is InChI=1S/C26H24FNO3/c1-3-28-23-11-6-5-10-21(23)22(26(28)29)15-18-12-13-24(25(16-18)30-4-2)31-17-19-8-7-9-20(27)14-19/h5-16H,3-4,17H2,1-2H3/b22-15-. The highest BCUT2D eigenvalue weighted by Gasteiger charge is 2.30. The van der Waals surface area contributed by atoms with E-state index in [4.69, 9.17) is 9.47 Å². The quantitative estimate of drug-likeness (QED) is 0.462. The first-order chi connectivity index (χ1) is 15.1. The molecule has 4 nitrogen and oxygen atoms in total. The largest absolute Gasteiger partial charge is 0.490 e. The van der Waals surface area contributed by atoms with Crippen molar-refractivity contribution in [2.45, 2.75) is 20.5 Å². The molecule has 0 aliphatic carbocycles. The molecule has 0 radical (unpaired) electrons. The van der Waals surface area contributed by atoms with Crippen LogP contribution in [0.3, 0.4) is 0 Å². The molecule has 1 heterocycles. The lowest BCUT2D eigenvalue weighted by Crippen LogP contribution is -2.25. The van der Waals surface area contributed by atoms with Crippen LogP contribution in [0, 0.1) is 5.82 Å². The number of carbonyl (C=O) groups excluding carboxylic acids is 1.